The Hall–Kier alpha value is -3.34. The fourth-order valence-corrected chi connectivity index (χ4v) is 3.21. The molecule has 4 rings (SSSR count). The highest BCUT2D eigenvalue weighted by molar-refractivity contribution is 7.13. The van der Waals surface area contributed by atoms with Gasteiger partial charge in [0, 0.05) is 18.2 Å². The van der Waals surface area contributed by atoms with E-state index in [1.54, 1.807) is 42.0 Å². The molecule has 0 aromatic carbocycles. The molecule has 0 spiro atoms. The molecule has 0 aliphatic carbocycles. The normalized spacial score (nSPS) is 11.7. The predicted octanol–water partition coefficient (Wildman–Crippen LogP) is 2.62. The molecule has 0 radical (unpaired) electrons. The average Bonchev–Trinajstić information content (AvgIpc) is 3.34. The first-order chi connectivity index (χ1) is 13.4. The molecule has 0 aliphatic rings. The van der Waals surface area contributed by atoms with Crippen LogP contribution >= 0.6 is 11.3 Å². The number of hydrogen-bond donors (Lipinski definition) is 1. The number of thiophene rings is 1. The van der Waals surface area contributed by atoms with Crippen LogP contribution in [-0.4, -0.2) is 25.5 Å². The Labute approximate surface area is 159 Å². The highest BCUT2D eigenvalue weighted by atomic mass is 32.1. The zero-order valence-electron chi connectivity index (χ0n) is 14.1. The molecule has 142 valence electrons. The first-order valence-corrected chi connectivity index (χ1v) is 8.92. The molecule has 0 saturated carbocycles. The van der Waals surface area contributed by atoms with E-state index in [9.17, 15) is 18.0 Å². The molecule has 0 unspecified atom stereocenters. The quantitative estimate of drug-likeness (QED) is 0.566. The molecular formula is C17H12F3N6OS+. The SMILES string of the molecule is O=C(NCc1ccc[nH+]c1)c1nc2nc(-c3cccs3)cc(C(F)(F)F)n2n1. The van der Waals surface area contributed by atoms with E-state index >= 15 is 0 Å². The summed E-state index contributed by atoms with van der Waals surface area (Å²) < 4.78 is 41.1. The second-order valence-electron chi connectivity index (χ2n) is 5.74. The van der Waals surface area contributed by atoms with Crippen molar-refractivity contribution in [1.82, 2.24) is 24.9 Å². The number of fused-ring (bicyclic) bond motifs is 1. The third kappa shape index (κ3) is 3.56. The van der Waals surface area contributed by atoms with Crippen LogP contribution in [0, 0.1) is 0 Å². The zero-order valence-corrected chi connectivity index (χ0v) is 14.9. The van der Waals surface area contributed by atoms with Gasteiger partial charge in [0.05, 0.1) is 10.6 Å². The predicted molar refractivity (Wildman–Crippen MR) is 93.3 cm³/mol. The lowest BCUT2D eigenvalue weighted by Crippen LogP contribution is -2.24. The van der Waals surface area contributed by atoms with Gasteiger partial charge in [-0.1, -0.05) is 6.07 Å². The van der Waals surface area contributed by atoms with Gasteiger partial charge < -0.3 is 5.32 Å². The van der Waals surface area contributed by atoms with Crippen LogP contribution in [0.15, 0.2) is 48.1 Å². The summed E-state index contributed by atoms with van der Waals surface area (Å²) in [6.07, 6.45) is -1.28. The Morgan fingerprint density at radius 1 is 1.25 bits per heavy atom. The Morgan fingerprint density at radius 2 is 2.11 bits per heavy atom. The van der Waals surface area contributed by atoms with Gasteiger partial charge in [0.15, 0.2) is 18.1 Å². The van der Waals surface area contributed by atoms with Gasteiger partial charge in [0.25, 0.3) is 11.7 Å². The molecule has 4 heterocycles. The van der Waals surface area contributed by atoms with Crippen molar-refractivity contribution in [2.45, 2.75) is 12.7 Å². The van der Waals surface area contributed by atoms with Crippen molar-refractivity contribution >= 4 is 23.0 Å². The van der Waals surface area contributed by atoms with Crippen molar-refractivity contribution in [3.63, 3.8) is 0 Å². The molecule has 7 nitrogen and oxygen atoms in total. The number of amides is 1. The molecule has 2 N–H and O–H groups in total. The number of halogens is 3. The molecule has 4 aromatic heterocycles. The van der Waals surface area contributed by atoms with Crippen molar-refractivity contribution in [2.75, 3.05) is 0 Å². The number of rotatable bonds is 4. The summed E-state index contributed by atoms with van der Waals surface area (Å²) >= 11 is 1.25. The van der Waals surface area contributed by atoms with Crippen LogP contribution < -0.4 is 10.3 Å². The number of aromatic nitrogens is 5. The molecule has 28 heavy (non-hydrogen) atoms. The van der Waals surface area contributed by atoms with Crippen molar-refractivity contribution in [3.8, 4) is 10.6 Å². The Kier molecular flexibility index (Phi) is 4.51. The minimum atomic E-state index is -4.69. The second kappa shape index (κ2) is 7.00. The number of aromatic amines is 1. The van der Waals surface area contributed by atoms with E-state index in [0.717, 1.165) is 11.6 Å². The summed E-state index contributed by atoms with van der Waals surface area (Å²) in [4.78, 5) is 23.7. The fraction of sp³-hybridized carbons (Fsp3) is 0.118. The van der Waals surface area contributed by atoms with Crippen molar-refractivity contribution in [2.24, 2.45) is 0 Å². The summed E-state index contributed by atoms with van der Waals surface area (Å²) in [5, 5.41) is 8.03. The third-order valence-corrected chi connectivity index (χ3v) is 4.70. The number of nitrogens with one attached hydrogen (secondary N) is 2. The van der Waals surface area contributed by atoms with Gasteiger partial charge in [-0.05, 0) is 23.6 Å². The molecular weight excluding hydrogens is 393 g/mol. The molecule has 0 saturated heterocycles. The molecule has 11 heteroatoms. The van der Waals surface area contributed by atoms with Gasteiger partial charge in [0.2, 0.25) is 5.82 Å². The highest BCUT2D eigenvalue weighted by Gasteiger charge is 2.36. The summed E-state index contributed by atoms with van der Waals surface area (Å²) in [5.41, 5.74) is -0.146. The summed E-state index contributed by atoms with van der Waals surface area (Å²) in [6.45, 7) is 0.172. The molecule has 0 bridgehead atoms. The van der Waals surface area contributed by atoms with Gasteiger partial charge in [-0.15, -0.1) is 16.4 Å². The molecule has 0 atom stereocenters. The highest BCUT2D eigenvalue weighted by Crippen LogP contribution is 2.32. The second-order valence-corrected chi connectivity index (χ2v) is 6.69. The van der Waals surface area contributed by atoms with Gasteiger partial charge in [0.1, 0.15) is 0 Å². The van der Waals surface area contributed by atoms with Gasteiger partial charge >= 0.3 is 6.18 Å². The van der Waals surface area contributed by atoms with Gasteiger partial charge in [-0.3, -0.25) is 4.79 Å². The van der Waals surface area contributed by atoms with Crippen LogP contribution in [0.1, 0.15) is 21.9 Å². The van der Waals surface area contributed by atoms with Gasteiger partial charge in [-0.25, -0.2) is 9.97 Å². The first kappa shape index (κ1) is 18.0. The van der Waals surface area contributed by atoms with E-state index in [0.29, 0.717) is 9.39 Å². The van der Waals surface area contributed by atoms with Crippen molar-refractivity contribution in [1.29, 1.82) is 0 Å². The number of carbonyl (C=O) groups excluding carboxylic acids is 1. The van der Waals surface area contributed by atoms with E-state index in [4.69, 9.17) is 0 Å². The Bertz CT molecular complexity index is 1130. The number of alkyl halides is 3. The monoisotopic (exact) mass is 405 g/mol. The standard InChI is InChI=1S/C17H11F3N6OS/c18-17(19,20)13-7-11(12-4-2-6-28-12)23-16-24-14(25-26(13)16)15(27)22-9-10-3-1-5-21-8-10/h1-8H,9H2,(H,22,27)/p+1. The van der Waals surface area contributed by atoms with Crippen LogP contribution in [-0.2, 0) is 12.7 Å². The van der Waals surface area contributed by atoms with Crippen LogP contribution in [0.25, 0.3) is 16.3 Å². The maximum Gasteiger partial charge on any atom is 0.433 e. The lowest BCUT2D eigenvalue weighted by Gasteiger charge is -2.09. The van der Waals surface area contributed by atoms with Crippen LogP contribution in [0.4, 0.5) is 13.2 Å². The molecule has 4 aromatic rings. The van der Waals surface area contributed by atoms with Crippen LogP contribution in [0.3, 0.4) is 0 Å². The minimum Gasteiger partial charge on any atom is -0.345 e. The van der Waals surface area contributed by atoms with Crippen LogP contribution in [0.2, 0.25) is 0 Å². The van der Waals surface area contributed by atoms with Crippen molar-refractivity contribution < 1.29 is 22.9 Å². The summed E-state index contributed by atoms with van der Waals surface area (Å²) in [7, 11) is 0. The first-order valence-electron chi connectivity index (χ1n) is 8.04. The number of carbonyl (C=O) groups is 1. The molecule has 0 fully saturated rings. The lowest BCUT2D eigenvalue weighted by molar-refractivity contribution is -0.378. The number of nitrogens with zero attached hydrogens (tertiary/aromatic N) is 4. The van der Waals surface area contributed by atoms with E-state index in [1.165, 1.54) is 11.3 Å². The third-order valence-electron chi connectivity index (χ3n) is 3.80. The fourth-order valence-electron chi connectivity index (χ4n) is 2.52. The Balaban J connectivity index is 1.70. The summed E-state index contributed by atoms with van der Waals surface area (Å²) in [6, 6.07) is 7.81. The Morgan fingerprint density at radius 3 is 2.79 bits per heavy atom. The largest absolute Gasteiger partial charge is 0.433 e. The van der Waals surface area contributed by atoms with Gasteiger partial charge in [-0.2, -0.15) is 22.7 Å². The van der Waals surface area contributed by atoms with E-state index < -0.39 is 17.8 Å². The average molecular weight is 405 g/mol. The van der Waals surface area contributed by atoms with Crippen LogP contribution in [0.5, 0.6) is 0 Å². The maximum absolute atomic E-state index is 13.5. The van der Waals surface area contributed by atoms with Crippen molar-refractivity contribution in [3.05, 3.63) is 65.2 Å². The number of hydrogen-bond acceptors (Lipinski definition) is 5. The van der Waals surface area contributed by atoms with E-state index in [-0.39, 0.29) is 23.8 Å². The molecule has 1 amide bonds. The number of pyridine rings is 1. The number of H-pyrrole nitrogens is 1. The lowest BCUT2D eigenvalue weighted by atomic mass is 10.3. The van der Waals surface area contributed by atoms with E-state index in [2.05, 4.69) is 25.4 Å². The summed E-state index contributed by atoms with van der Waals surface area (Å²) in [5.74, 6) is -1.38. The zero-order chi connectivity index (χ0) is 19.7. The maximum atomic E-state index is 13.5. The topological polar surface area (TPSA) is 86.3 Å². The smallest absolute Gasteiger partial charge is 0.345 e. The van der Waals surface area contributed by atoms with E-state index in [1.807, 2.05) is 0 Å². The molecule has 0 aliphatic heterocycles. The minimum absolute atomic E-state index is 0.119.